The fraction of sp³-hybridized carbons (Fsp3) is 0.250. The number of carbonyl (C=O) groups excluding carboxylic acids is 1. The Bertz CT molecular complexity index is 401. The fourth-order valence-electron chi connectivity index (χ4n) is 1.81. The first-order valence-electron chi connectivity index (χ1n) is 4.67. The van der Waals surface area contributed by atoms with Crippen LogP contribution in [-0.4, -0.2) is 5.78 Å². The Hall–Kier alpha value is -0.890. The van der Waals surface area contributed by atoms with Crippen molar-refractivity contribution in [3.05, 3.63) is 39.9 Å². The molecule has 1 aliphatic carbocycles. The van der Waals surface area contributed by atoms with E-state index in [1.807, 2.05) is 31.2 Å². The summed E-state index contributed by atoms with van der Waals surface area (Å²) in [5.74, 6) is 0.282. The van der Waals surface area contributed by atoms with Crippen molar-refractivity contribution in [2.75, 3.05) is 0 Å². The molecule has 0 amide bonds. The molecule has 1 aromatic rings. The van der Waals surface area contributed by atoms with Gasteiger partial charge in [-0.15, -0.1) is 0 Å². The second kappa shape index (κ2) is 3.70. The Balaban J connectivity index is 2.44. The summed E-state index contributed by atoms with van der Waals surface area (Å²) in [6, 6.07) is 7.93. The van der Waals surface area contributed by atoms with Crippen molar-refractivity contribution in [1.29, 1.82) is 0 Å². The Morgan fingerprint density at radius 1 is 1.14 bits per heavy atom. The lowest BCUT2D eigenvalue weighted by molar-refractivity contribution is -0.113. The highest BCUT2D eigenvalue weighted by molar-refractivity contribution is 9.10. The molecule has 0 saturated carbocycles. The maximum absolute atomic E-state index is 11.6. The molecule has 0 radical (unpaired) electrons. The van der Waals surface area contributed by atoms with Crippen LogP contribution >= 0.6 is 15.9 Å². The molecule has 0 aromatic heterocycles. The smallest absolute Gasteiger partial charge is 0.163 e. The van der Waals surface area contributed by atoms with Crippen molar-refractivity contribution in [2.24, 2.45) is 0 Å². The maximum atomic E-state index is 11.6. The first-order chi connectivity index (χ1) is 6.68. The van der Waals surface area contributed by atoms with E-state index in [0.717, 1.165) is 22.0 Å². The van der Waals surface area contributed by atoms with E-state index >= 15 is 0 Å². The average Bonchev–Trinajstić information content (AvgIpc) is 2.49. The molecule has 0 saturated heterocycles. The molecule has 0 heterocycles. The van der Waals surface area contributed by atoms with Gasteiger partial charge in [-0.2, -0.15) is 0 Å². The summed E-state index contributed by atoms with van der Waals surface area (Å²) < 4.78 is 1.05. The van der Waals surface area contributed by atoms with Gasteiger partial charge in [-0.3, -0.25) is 4.79 Å². The first kappa shape index (κ1) is 9.66. The molecule has 0 atom stereocenters. The van der Waals surface area contributed by atoms with Crippen molar-refractivity contribution < 1.29 is 4.79 Å². The van der Waals surface area contributed by atoms with Crippen LogP contribution in [0.1, 0.15) is 25.3 Å². The van der Waals surface area contributed by atoms with E-state index in [9.17, 15) is 4.79 Å². The van der Waals surface area contributed by atoms with E-state index in [2.05, 4.69) is 15.9 Å². The second-order valence-electron chi connectivity index (χ2n) is 3.59. The minimum absolute atomic E-state index is 0.282. The van der Waals surface area contributed by atoms with Crippen LogP contribution in [0.15, 0.2) is 34.3 Å². The van der Waals surface area contributed by atoms with Crippen molar-refractivity contribution in [3.63, 3.8) is 0 Å². The molecule has 0 fully saturated rings. The van der Waals surface area contributed by atoms with Gasteiger partial charge < -0.3 is 0 Å². The van der Waals surface area contributed by atoms with Gasteiger partial charge in [0, 0.05) is 16.5 Å². The van der Waals surface area contributed by atoms with Gasteiger partial charge in [0.05, 0.1) is 0 Å². The summed E-state index contributed by atoms with van der Waals surface area (Å²) in [4.78, 5) is 11.6. The largest absolute Gasteiger partial charge is 0.294 e. The van der Waals surface area contributed by atoms with Crippen LogP contribution in [0.3, 0.4) is 0 Å². The molecule has 0 unspecified atom stereocenters. The molecule has 0 bridgehead atoms. The lowest BCUT2D eigenvalue weighted by Crippen LogP contribution is -1.95. The van der Waals surface area contributed by atoms with Crippen LogP contribution in [0.4, 0.5) is 0 Å². The molecule has 14 heavy (non-hydrogen) atoms. The van der Waals surface area contributed by atoms with E-state index in [1.165, 1.54) is 5.57 Å². The molecule has 0 N–H and O–H groups in total. The summed E-state index contributed by atoms with van der Waals surface area (Å²) in [6.07, 6.45) is 1.60. The number of Topliss-reactive ketones (excluding diaryl/α,β-unsaturated/α-hetero) is 1. The Morgan fingerprint density at radius 2 is 1.79 bits per heavy atom. The predicted octanol–water partition coefficient (Wildman–Crippen LogP) is 3.59. The number of ketones is 1. The number of allylic oxidation sites excluding steroid dienone is 2. The minimum Gasteiger partial charge on any atom is -0.294 e. The van der Waals surface area contributed by atoms with Crippen LogP contribution < -0.4 is 0 Å². The van der Waals surface area contributed by atoms with E-state index < -0.39 is 0 Å². The van der Waals surface area contributed by atoms with Gasteiger partial charge in [0.1, 0.15) is 0 Å². The summed E-state index contributed by atoms with van der Waals surface area (Å²) in [5, 5.41) is 0. The highest BCUT2D eigenvalue weighted by atomic mass is 79.9. The topological polar surface area (TPSA) is 17.1 Å². The standard InChI is InChI=1S/C12H11BrO/c1-8-2-7-11(14)12(8)9-3-5-10(13)6-4-9/h3-6H,2,7H2,1H3. The molecule has 72 valence electrons. The lowest BCUT2D eigenvalue weighted by Gasteiger charge is -2.02. The summed E-state index contributed by atoms with van der Waals surface area (Å²) in [5.41, 5.74) is 3.20. The molecule has 1 aliphatic rings. The zero-order valence-corrected chi connectivity index (χ0v) is 9.60. The fourth-order valence-corrected chi connectivity index (χ4v) is 2.08. The SMILES string of the molecule is CC1=C(c2ccc(Br)cc2)C(=O)CC1. The first-order valence-corrected chi connectivity index (χ1v) is 5.46. The number of hydrogen-bond acceptors (Lipinski definition) is 1. The Labute approximate surface area is 92.0 Å². The zero-order valence-electron chi connectivity index (χ0n) is 8.01. The van der Waals surface area contributed by atoms with E-state index in [0.29, 0.717) is 6.42 Å². The second-order valence-corrected chi connectivity index (χ2v) is 4.50. The van der Waals surface area contributed by atoms with Gasteiger partial charge in [0.2, 0.25) is 0 Å². The van der Waals surface area contributed by atoms with Crippen molar-refractivity contribution in [3.8, 4) is 0 Å². The van der Waals surface area contributed by atoms with E-state index in [4.69, 9.17) is 0 Å². The number of halogens is 1. The van der Waals surface area contributed by atoms with Crippen LogP contribution in [0.2, 0.25) is 0 Å². The molecule has 2 heteroatoms. The molecular weight excluding hydrogens is 240 g/mol. The molecular formula is C12H11BrO. The highest BCUT2D eigenvalue weighted by Crippen LogP contribution is 2.31. The van der Waals surface area contributed by atoms with E-state index in [-0.39, 0.29) is 5.78 Å². The quantitative estimate of drug-likeness (QED) is 0.745. The monoisotopic (exact) mass is 250 g/mol. The Morgan fingerprint density at radius 3 is 2.29 bits per heavy atom. The van der Waals surface area contributed by atoms with Crippen molar-refractivity contribution in [1.82, 2.24) is 0 Å². The Kier molecular flexibility index (Phi) is 2.55. The van der Waals surface area contributed by atoms with E-state index in [1.54, 1.807) is 0 Å². The van der Waals surface area contributed by atoms with Gasteiger partial charge in [-0.25, -0.2) is 0 Å². The summed E-state index contributed by atoms with van der Waals surface area (Å²) >= 11 is 3.38. The van der Waals surface area contributed by atoms with Crippen LogP contribution in [0, 0.1) is 0 Å². The molecule has 0 aliphatic heterocycles. The van der Waals surface area contributed by atoms with Crippen LogP contribution in [0.5, 0.6) is 0 Å². The third-order valence-corrected chi connectivity index (χ3v) is 3.09. The molecule has 0 spiro atoms. The zero-order chi connectivity index (χ0) is 10.1. The molecule has 2 rings (SSSR count). The predicted molar refractivity (Wildman–Crippen MR) is 61.0 cm³/mol. The maximum Gasteiger partial charge on any atom is 0.163 e. The van der Waals surface area contributed by atoms with Gasteiger partial charge in [-0.05, 0) is 31.0 Å². The number of rotatable bonds is 1. The minimum atomic E-state index is 0.282. The van der Waals surface area contributed by atoms with Gasteiger partial charge >= 0.3 is 0 Å². The molecule has 1 nitrogen and oxygen atoms in total. The summed E-state index contributed by atoms with van der Waals surface area (Å²) in [6.45, 7) is 2.04. The molecule has 1 aromatic carbocycles. The van der Waals surface area contributed by atoms with Gasteiger partial charge in [0.15, 0.2) is 5.78 Å². The third kappa shape index (κ3) is 1.67. The lowest BCUT2D eigenvalue weighted by atomic mass is 10.0. The van der Waals surface area contributed by atoms with Crippen molar-refractivity contribution in [2.45, 2.75) is 19.8 Å². The number of hydrogen-bond donors (Lipinski definition) is 0. The third-order valence-electron chi connectivity index (χ3n) is 2.57. The van der Waals surface area contributed by atoms with Crippen LogP contribution in [0.25, 0.3) is 5.57 Å². The summed E-state index contributed by atoms with van der Waals surface area (Å²) in [7, 11) is 0. The van der Waals surface area contributed by atoms with Crippen molar-refractivity contribution >= 4 is 27.3 Å². The normalized spacial score (nSPS) is 16.6. The van der Waals surface area contributed by atoms with Crippen LogP contribution in [-0.2, 0) is 4.79 Å². The average molecular weight is 251 g/mol. The number of benzene rings is 1. The highest BCUT2D eigenvalue weighted by Gasteiger charge is 2.20. The van der Waals surface area contributed by atoms with Gasteiger partial charge in [0.25, 0.3) is 0 Å². The van der Waals surface area contributed by atoms with Gasteiger partial charge in [-0.1, -0.05) is 33.6 Å². The number of carbonyl (C=O) groups is 1.